The smallest absolute Gasteiger partial charge is 0.226 e. The van der Waals surface area contributed by atoms with E-state index in [2.05, 4.69) is 20.6 Å². The second-order valence-electron chi connectivity index (χ2n) is 5.79. The minimum Gasteiger partial charge on any atom is -0.351 e. The number of H-pyrrole nitrogens is 1. The number of nitrogens with one attached hydrogen (secondary N) is 3. The quantitative estimate of drug-likeness (QED) is 0.745. The van der Waals surface area contributed by atoms with Crippen LogP contribution in [-0.4, -0.2) is 33.9 Å². The van der Waals surface area contributed by atoms with Gasteiger partial charge in [0.1, 0.15) is 0 Å². The van der Waals surface area contributed by atoms with Crippen molar-refractivity contribution in [2.75, 3.05) is 0 Å². The average molecular weight is 276 g/mol. The third-order valence-electron chi connectivity index (χ3n) is 4.18. The number of aromatic nitrogens is 2. The van der Waals surface area contributed by atoms with Crippen molar-refractivity contribution in [1.29, 1.82) is 0 Å². The molecule has 1 aliphatic carbocycles. The average Bonchev–Trinajstić information content (AvgIpc) is 3.17. The third kappa shape index (κ3) is 2.84. The number of nitrogens with zero attached hydrogens (tertiary/aromatic N) is 1. The lowest BCUT2D eigenvalue weighted by Gasteiger charge is -2.33. The van der Waals surface area contributed by atoms with Crippen LogP contribution < -0.4 is 10.6 Å². The van der Waals surface area contributed by atoms with Crippen LogP contribution in [0.25, 0.3) is 0 Å². The van der Waals surface area contributed by atoms with Gasteiger partial charge in [-0.3, -0.25) is 9.59 Å². The lowest BCUT2D eigenvalue weighted by Crippen LogP contribution is -2.56. The standard InChI is InChI=1S/C14H20N4O2/c1-8-11(16-7-15-8)6-13(20)17-10-4-5-12(19)18-14(10)9-2-3-9/h7,9-10,14H,2-6H2,1H3,(H,15,16)(H,17,20)(H,18,19)/t10-,14+/m1/s1. The van der Waals surface area contributed by atoms with Crippen LogP contribution in [0.2, 0.25) is 0 Å². The van der Waals surface area contributed by atoms with Crippen LogP contribution in [0.4, 0.5) is 0 Å². The highest BCUT2D eigenvalue weighted by atomic mass is 16.2. The maximum atomic E-state index is 12.1. The van der Waals surface area contributed by atoms with Crippen LogP contribution in [0.1, 0.15) is 37.1 Å². The number of rotatable bonds is 4. The van der Waals surface area contributed by atoms with Crippen molar-refractivity contribution in [1.82, 2.24) is 20.6 Å². The Morgan fingerprint density at radius 1 is 1.45 bits per heavy atom. The number of imidazole rings is 1. The molecule has 1 aromatic heterocycles. The van der Waals surface area contributed by atoms with E-state index < -0.39 is 0 Å². The number of aromatic amines is 1. The van der Waals surface area contributed by atoms with Gasteiger partial charge in [-0.1, -0.05) is 0 Å². The van der Waals surface area contributed by atoms with Crippen molar-refractivity contribution in [2.24, 2.45) is 5.92 Å². The Labute approximate surface area is 117 Å². The summed E-state index contributed by atoms with van der Waals surface area (Å²) < 4.78 is 0. The summed E-state index contributed by atoms with van der Waals surface area (Å²) in [6.07, 6.45) is 5.42. The van der Waals surface area contributed by atoms with Gasteiger partial charge in [-0.05, 0) is 32.1 Å². The highest BCUT2D eigenvalue weighted by molar-refractivity contribution is 5.80. The molecule has 20 heavy (non-hydrogen) atoms. The Bertz CT molecular complexity index is 521. The molecule has 0 spiro atoms. The van der Waals surface area contributed by atoms with Crippen molar-refractivity contribution < 1.29 is 9.59 Å². The molecule has 2 fully saturated rings. The monoisotopic (exact) mass is 276 g/mol. The van der Waals surface area contributed by atoms with Gasteiger partial charge >= 0.3 is 0 Å². The first kappa shape index (κ1) is 13.1. The minimum atomic E-state index is -0.0213. The van der Waals surface area contributed by atoms with E-state index in [0.717, 1.165) is 30.7 Å². The summed E-state index contributed by atoms with van der Waals surface area (Å²) in [7, 11) is 0. The van der Waals surface area contributed by atoms with Gasteiger partial charge in [0.15, 0.2) is 0 Å². The fraction of sp³-hybridized carbons (Fsp3) is 0.643. The van der Waals surface area contributed by atoms with Gasteiger partial charge < -0.3 is 15.6 Å². The van der Waals surface area contributed by atoms with Crippen LogP contribution in [0.5, 0.6) is 0 Å². The summed E-state index contributed by atoms with van der Waals surface area (Å²) in [4.78, 5) is 30.7. The molecule has 2 atom stereocenters. The molecular formula is C14H20N4O2. The molecule has 0 radical (unpaired) electrons. The molecule has 6 nitrogen and oxygen atoms in total. The van der Waals surface area contributed by atoms with Gasteiger partial charge in [-0.2, -0.15) is 0 Å². The molecule has 3 rings (SSSR count). The van der Waals surface area contributed by atoms with Crippen molar-refractivity contribution in [3.63, 3.8) is 0 Å². The highest BCUT2D eigenvalue weighted by Gasteiger charge is 2.40. The number of carbonyl (C=O) groups excluding carboxylic acids is 2. The molecule has 3 N–H and O–H groups in total. The van der Waals surface area contributed by atoms with Crippen molar-refractivity contribution in [3.8, 4) is 0 Å². The molecule has 1 saturated heterocycles. The molecule has 2 heterocycles. The Kier molecular flexibility index (Phi) is 3.46. The van der Waals surface area contributed by atoms with E-state index in [-0.39, 0.29) is 30.3 Å². The summed E-state index contributed by atoms with van der Waals surface area (Å²) in [5.41, 5.74) is 1.71. The van der Waals surface area contributed by atoms with E-state index in [1.165, 1.54) is 0 Å². The number of piperidine rings is 1. The maximum absolute atomic E-state index is 12.1. The normalized spacial score (nSPS) is 26.1. The number of aryl methyl sites for hydroxylation is 1. The first-order valence-electron chi connectivity index (χ1n) is 7.21. The molecular weight excluding hydrogens is 256 g/mol. The summed E-state index contributed by atoms with van der Waals surface area (Å²) >= 11 is 0. The second kappa shape index (κ2) is 5.26. The first-order valence-corrected chi connectivity index (χ1v) is 7.21. The van der Waals surface area contributed by atoms with Crippen LogP contribution >= 0.6 is 0 Å². The Morgan fingerprint density at radius 3 is 2.90 bits per heavy atom. The SMILES string of the molecule is Cc1[nH]cnc1CC(=O)N[C@@H]1CCC(=O)N[C@H]1C1CC1. The molecule has 0 bridgehead atoms. The first-order chi connectivity index (χ1) is 9.63. The van der Waals surface area contributed by atoms with E-state index in [9.17, 15) is 9.59 Å². The molecule has 0 aromatic carbocycles. The zero-order valence-electron chi connectivity index (χ0n) is 11.6. The predicted octanol–water partition coefficient (Wildman–Crippen LogP) is 0.434. The van der Waals surface area contributed by atoms with Gasteiger partial charge in [0, 0.05) is 18.2 Å². The van der Waals surface area contributed by atoms with Crippen molar-refractivity contribution in [2.45, 2.75) is 51.1 Å². The van der Waals surface area contributed by atoms with E-state index in [0.29, 0.717) is 12.3 Å². The third-order valence-corrected chi connectivity index (χ3v) is 4.18. The Morgan fingerprint density at radius 2 is 2.25 bits per heavy atom. The van der Waals surface area contributed by atoms with E-state index in [1.807, 2.05) is 6.92 Å². The molecule has 1 aliphatic heterocycles. The van der Waals surface area contributed by atoms with Crippen LogP contribution in [0, 0.1) is 12.8 Å². The highest BCUT2D eigenvalue weighted by Crippen LogP contribution is 2.36. The number of carbonyl (C=O) groups is 2. The summed E-state index contributed by atoms with van der Waals surface area (Å²) in [5, 5.41) is 6.10. The van der Waals surface area contributed by atoms with E-state index >= 15 is 0 Å². The van der Waals surface area contributed by atoms with Crippen molar-refractivity contribution >= 4 is 11.8 Å². The maximum Gasteiger partial charge on any atom is 0.226 e. The fourth-order valence-electron chi connectivity index (χ4n) is 2.86. The molecule has 2 aliphatic rings. The molecule has 1 aromatic rings. The minimum absolute atomic E-state index is 0.0213. The number of hydrogen-bond acceptors (Lipinski definition) is 3. The van der Waals surface area contributed by atoms with Gasteiger partial charge in [-0.15, -0.1) is 0 Å². The van der Waals surface area contributed by atoms with Gasteiger partial charge in [0.2, 0.25) is 11.8 Å². The van der Waals surface area contributed by atoms with Gasteiger partial charge in [0.05, 0.1) is 24.5 Å². The number of hydrogen-bond donors (Lipinski definition) is 3. The van der Waals surface area contributed by atoms with Crippen LogP contribution in [-0.2, 0) is 16.0 Å². The van der Waals surface area contributed by atoms with Crippen LogP contribution in [0.15, 0.2) is 6.33 Å². The topological polar surface area (TPSA) is 86.9 Å². The lowest BCUT2D eigenvalue weighted by atomic mass is 9.94. The zero-order chi connectivity index (χ0) is 14.1. The molecule has 108 valence electrons. The molecule has 0 unspecified atom stereocenters. The summed E-state index contributed by atoms with van der Waals surface area (Å²) in [5.74, 6) is 0.624. The van der Waals surface area contributed by atoms with E-state index in [4.69, 9.17) is 0 Å². The zero-order valence-corrected chi connectivity index (χ0v) is 11.6. The Hall–Kier alpha value is -1.85. The largest absolute Gasteiger partial charge is 0.351 e. The van der Waals surface area contributed by atoms with Crippen molar-refractivity contribution in [3.05, 3.63) is 17.7 Å². The Balaban J connectivity index is 1.59. The lowest BCUT2D eigenvalue weighted by molar-refractivity contribution is -0.127. The molecule has 2 amide bonds. The van der Waals surface area contributed by atoms with Crippen LogP contribution in [0.3, 0.4) is 0 Å². The molecule has 6 heteroatoms. The van der Waals surface area contributed by atoms with E-state index in [1.54, 1.807) is 6.33 Å². The van der Waals surface area contributed by atoms with Gasteiger partial charge in [0.25, 0.3) is 0 Å². The second-order valence-corrected chi connectivity index (χ2v) is 5.79. The predicted molar refractivity (Wildman–Crippen MR) is 72.8 cm³/mol. The summed E-state index contributed by atoms with van der Waals surface area (Å²) in [6, 6.07) is 0.174. The summed E-state index contributed by atoms with van der Waals surface area (Å²) in [6.45, 7) is 1.91. The fourth-order valence-corrected chi connectivity index (χ4v) is 2.86. The van der Waals surface area contributed by atoms with Gasteiger partial charge in [-0.25, -0.2) is 4.98 Å². The number of amides is 2. The molecule has 1 saturated carbocycles.